The highest BCUT2D eigenvalue weighted by atomic mass is 16.5. The second-order valence-corrected chi connectivity index (χ2v) is 4.73. The van der Waals surface area contributed by atoms with Crippen molar-refractivity contribution in [2.75, 3.05) is 20.2 Å². The number of carbonyl (C=O) groups excluding carboxylic acids is 1. The fourth-order valence-electron chi connectivity index (χ4n) is 2.44. The van der Waals surface area contributed by atoms with E-state index in [-0.39, 0.29) is 30.7 Å². The number of methoxy groups -OCH3 is 1. The van der Waals surface area contributed by atoms with Crippen LogP contribution in [0.2, 0.25) is 0 Å². The van der Waals surface area contributed by atoms with Gasteiger partial charge < -0.3 is 20.9 Å². The predicted octanol–water partition coefficient (Wildman–Crippen LogP) is -0.0327. The van der Waals surface area contributed by atoms with E-state index in [1.807, 2.05) is 0 Å². The first-order valence-electron chi connectivity index (χ1n) is 6.30. The molecular formula is C12H22N2O4. The summed E-state index contributed by atoms with van der Waals surface area (Å²) >= 11 is 0. The molecule has 6 nitrogen and oxygen atoms in total. The second kappa shape index (κ2) is 7.33. The largest absolute Gasteiger partial charge is 0.481 e. The predicted molar refractivity (Wildman–Crippen MR) is 65.9 cm³/mol. The van der Waals surface area contributed by atoms with E-state index in [1.165, 1.54) is 7.11 Å². The number of hydrogen-bond acceptors (Lipinski definition) is 4. The number of rotatable bonds is 7. The Kier molecular flexibility index (Phi) is 6.07. The number of nitrogens with two attached hydrogens (primary N) is 1. The van der Waals surface area contributed by atoms with Gasteiger partial charge in [0.1, 0.15) is 0 Å². The minimum Gasteiger partial charge on any atom is -0.481 e. The Morgan fingerprint density at radius 1 is 1.50 bits per heavy atom. The van der Waals surface area contributed by atoms with Gasteiger partial charge in [-0.1, -0.05) is 6.42 Å². The zero-order chi connectivity index (χ0) is 13.5. The van der Waals surface area contributed by atoms with Gasteiger partial charge in [0.15, 0.2) is 0 Å². The molecule has 1 fully saturated rings. The van der Waals surface area contributed by atoms with E-state index in [9.17, 15) is 9.59 Å². The second-order valence-electron chi connectivity index (χ2n) is 4.73. The van der Waals surface area contributed by atoms with E-state index >= 15 is 0 Å². The highest BCUT2D eigenvalue weighted by molar-refractivity contribution is 5.79. The quantitative estimate of drug-likeness (QED) is 0.595. The Balaban J connectivity index is 2.37. The first kappa shape index (κ1) is 14.9. The zero-order valence-corrected chi connectivity index (χ0v) is 10.7. The van der Waals surface area contributed by atoms with E-state index in [0.29, 0.717) is 6.54 Å². The number of ether oxygens (including phenoxy) is 1. The molecule has 0 radical (unpaired) electrons. The molecule has 0 saturated heterocycles. The molecule has 1 aliphatic rings. The molecular weight excluding hydrogens is 236 g/mol. The van der Waals surface area contributed by atoms with E-state index in [0.717, 1.165) is 19.3 Å². The molecule has 0 bridgehead atoms. The van der Waals surface area contributed by atoms with Crippen LogP contribution in [0.3, 0.4) is 0 Å². The molecule has 0 aliphatic heterocycles. The average Bonchev–Trinajstić information content (AvgIpc) is 2.81. The highest BCUT2D eigenvalue weighted by Crippen LogP contribution is 2.30. The lowest BCUT2D eigenvalue weighted by atomic mass is 9.95. The van der Waals surface area contributed by atoms with Gasteiger partial charge in [-0.2, -0.15) is 0 Å². The van der Waals surface area contributed by atoms with Gasteiger partial charge in [0, 0.05) is 19.6 Å². The van der Waals surface area contributed by atoms with Crippen molar-refractivity contribution in [3.05, 3.63) is 0 Å². The standard InChI is InChI=1S/C12H22N2O4/c1-18-9(5-11(15)16)7-14-12(17)10-4-2-3-8(10)6-13/h8-10H,2-7,13H2,1H3,(H,14,17)(H,15,16). The smallest absolute Gasteiger partial charge is 0.306 e. The van der Waals surface area contributed by atoms with Crippen LogP contribution in [0.5, 0.6) is 0 Å². The maximum absolute atomic E-state index is 12.0. The minimum atomic E-state index is -0.934. The van der Waals surface area contributed by atoms with Crippen molar-refractivity contribution < 1.29 is 19.4 Å². The van der Waals surface area contributed by atoms with E-state index in [2.05, 4.69) is 5.32 Å². The molecule has 0 aromatic rings. The fraction of sp³-hybridized carbons (Fsp3) is 0.833. The van der Waals surface area contributed by atoms with Crippen molar-refractivity contribution in [2.24, 2.45) is 17.6 Å². The SMILES string of the molecule is COC(CNC(=O)C1CCCC1CN)CC(=O)O. The van der Waals surface area contributed by atoms with Gasteiger partial charge in [-0.25, -0.2) is 0 Å². The van der Waals surface area contributed by atoms with E-state index in [1.54, 1.807) is 0 Å². The number of nitrogens with one attached hydrogen (secondary N) is 1. The molecule has 1 rings (SSSR count). The van der Waals surface area contributed by atoms with Crippen LogP contribution in [0.1, 0.15) is 25.7 Å². The third kappa shape index (κ3) is 4.27. The number of hydrogen-bond donors (Lipinski definition) is 3. The Bertz CT molecular complexity index is 296. The molecule has 0 aromatic carbocycles. The first-order chi connectivity index (χ1) is 8.58. The Morgan fingerprint density at radius 2 is 2.22 bits per heavy atom. The number of amides is 1. The summed E-state index contributed by atoms with van der Waals surface area (Å²) in [5.41, 5.74) is 5.63. The van der Waals surface area contributed by atoms with Crippen molar-refractivity contribution in [1.29, 1.82) is 0 Å². The Hall–Kier alpha value is -1.14. The number of carboxylic acid groups (broad SMARTS) is 1. The van der Waals surface area contributed by atoms with Gasteiger partial charge in [-0.3, -0.25) is 9.59 Å². The molecule has 1 saturated carbocycles. The molecule has 1 aliphatic carbocycles. The number of aliphatic carboxylic acids is 1. The lowest BCUT2D eigenvalue weighted by Crippen LogP contribution is -2.40. The maximum atomic E-state index is 12.0. The summed E-state index contributed by atoms with van der Waals surface area (Å²) in [6, 6.07) is 0. The summed E-state index contributed by atoms with van der Waals surface area (Å²) in [6.45, 7) is 0.760. The zero-order valence-electron chi connectivity index (χ0n) is 10.7. The van der Waals surface area contributed by atoms with Crippen molar-refractivity contribution in [1.82, 2.24) is 5.32 Å². The summed E-state index contributed by atoms with van der Waals surface area (Å²) in [5, 5.41) is 11.4. The topological polar surface area (TPSA) is 102 Å². The molecule has 0 spiro atoms. The monoisotopic (exact) mass is 258 g/mol. The van der Waals surface area contributed by atoms with E-state index < -0.39 is 12.1 Å². The van der Waals surface area contributed by atoms with Crippen LogP contribution >= 0.6 is 0 Å². The van der Waals surface area contributed by atoms with Gasteiger partial charge in [-0.15, -0.1) is 0 Å². The summed E-state index contributed by atoms with van der Waals surface area (Å²) in [6.07, 6.45) is 2.30. The summed E-state index contributed by atoms with van der Waals surface area (Å²) in [4.78, 5) is 22.5. The van der Waals surface area contributed by atoms with Crippen LogP contribution in [-0.4, -0.2) is 43.3 Å². The Labute approximate surface area is 107 Å². The number of carbonyl (C=O) groups is 2. The van der Waals surface area contributed by atoms with Gasteiger partial charge >= 0.3 is 5.97 Å². The Morgan fingerprint density at radius 3 is 2.78 bits per heavy atom. The van der Waals surface area contributed by atoms with Crippen molar-refractivity contribution >= 4 is 11.9 Å². The summed E-state index contributed by atoms with van der Waals surface area (Å²) in [7, 11) is 1.44. The van der Waals surface area contributed by atoms with Gasteiger partial charge in [0.25, 0.3) is 0 Å². The maximum Gasteiger partial charge on any atom is 0.306 e. The first-order valence-corrected chi connectivity index (χ1v) is 6.30. The van der Waals surface area contributed by atoms with Gasteiger partial charge in [-0.05, 0) is 25.3 Å². The summed E-state index contributed by atoms with van der Waals surface area (Å²) < 4.78 is 5.01. The highest BCUT2D eigenvalue weighted by Gasteiger charge is 2.32. The molecule has 3 atom stereocenters. The van der Waals surface area contributed by atoms with Gasteiger partial charge in [0.05, 0.1) is 12.5 Å². The van der Waals surface area contributed by atoms with Crippen LogP contribution in [-0.2, 0) is 14.3 Å². The third-order valence-corrected chi connectivity index (χ3v) is 3.54. The summed E-state index contributed by atoms with van der Waals surface area (Å²) in [5.74, 6) is -0.741. The molecule has 0 aromatic heterocycles. The van der Waals surface area contributed by atoms with Crippen LogP contribution in [0.15, 0.2) is 0 Å². The van der Waals surface area contributed by atoms with Crippen molar-refractivity contribution in [3.8, 4) is 0 Å². The lowest BCUT2D eigenvalue weighted by Gasteiger charge is -2.19. The van der Waals surface area contributed by atoms with Crippen LogP contribution in [0, 0.1) is 11.8 Å². The molecule has 104 valence electrons. The fourth-order valence-corrected chi connectivity index (χ4v) is 2.44. The molecule has 4 N–H and O–H groups in total. The molecule has 6 heteroatoms. The van der Waals surface area contributed by atoms with Crippen molar-refractivity contribution in [2.45, 2.75) is 31.8 Å². The molecule has 1 amide bonds. The molecule has 0 heterocycles. The normalized spacial score (nSPS) is 24.8. The van der Waals surface area contributed by atoms with Crippen LogP contribution < -0.4 is 11.1 Å². The van der Waals surface area contributed by atoms with Crippen LogP contribution in [0.25, 0.3) is 0 Å². The van der Waals surface area contributed by atoms with Crippen molar-refractivity contribution in [3.63, 3.8) is 0 Å². The number of carboxylic acids is 1. The lowest BCUT2D eigenvalue weighted by molar-refractivity contribution is -0.140. The van der Waals surface area contributed by atoms with Crippen LogP contribution in [0.4, 0.5) is 0 Å². The molecule has 3 unspecified atom stereocenters. The third-order valence-electron chi connectivity index (χ3n) is 3.54. The van der Waals surface area contributed by atoms with E-state index in [4.69, 9.17) is 15.6 Å². The van der Waals surface area contributed by atoms with Gasteiger partial charge in [0.2, 0.25) is 5.91 Å². The minimum absolute atomic E-state index is 0.0302. The average molecular weight is 258 g/mol. The molecule has 18 heavy (non-hydrogen) atoms.